The number of hydrogen-bond acceptors (Lipinski definition) is 5. The summed E-state index contributed by atoms with van der Waals surface area (Å²) >= 11 is 0. The second-order valence-corrected chi connectivity index (χ2v) is 4.82. The molecule has 1 rings (SSSR count). The van der Waals surface area contributed by atoms with Gasteiger partial charge in [0, 0.05) is 38.5 Å². The van der Waals surface area contributed by atoms with Crippen LogP contribution in [-0.2, 0) is 9.53 Å². The number of likely N-dealkylation sites (N-methyl/N-ethyl adjacent to an activating group) is 1. The van der Waals surface area contributed by atoms with Crippen molar-refractivity contribution in [2.45, 2.75) is 6.42 Å². The van der Waals surface area contributed by atoms with Gasteiger partial charge in [0.05, 0.1) is 19.6 Å². The largest absolute Gasteiger partial charge is 0.493 e. The van der Waals surface area contributed by atoms with Crippen LogP contribution >= 0.6 is 0 Å². The van der Waals surface area contributed by atoms with Crippen LogP contribution in [0.15, 0.2) is 24.3 Å². The predicted octanol–water partition coefficient (Wildman–Crippen LogP) is 0.732. The molecule has 0 atom stereocenters. The van der Waals surface area contributed by atoms with E-state index < -0.39 is 0 Å². The monoisotopic (exact) mass is 295 g/mol. The number of nitrogens with zero attached hydrogens (tertiary/aromatic N) is 1. The van der Waals surface area contributed by atoms with E-state index in [4.69, 9.17) is 15.2 Å². The highest BCUT2D eigenvalue weighted by atomic mass is 16.5. The second kappa shape index (κ2) is 10.0. The first-order valence-electron chi connectivity index (χ1n) is 7.04. The van der Waals surface area contributed by atoms with E-state index in [1.54, 1.807) is 19.2 Å². The van der Waals surface area contributed by atoms with Gasteiger partial charge in [-0.2, -0.15) is 0 Å². The summed E-state index contributed by atoms with van der Waals surface area (Å²) in [6.45, 7) is 3.31. The van der Waals surface area contributed by atoms with Crippen LogP contribution in [0.2, 0.25) is 0 Å². The molecule has 6 heteroatoms. The highest BCUT2D eigenvalue weighted by Crippen LogP contribution is 2.14. The number of benzene rings is 1. The van der Waals surface area contributed by atoms with Crippen molar-refractivity contribution in [2.24, 2.45) is 0 Å². The van der Waals surface area contributed by atoms with Gasteiger partial charge in [0.25, 0.3) is 0 Å². The number of nitrogen functional groups attached to an aromatic ring is 1. The van der Waals surface area contributed by atoms with Gasteiger partial charge < -0.3 is 25.4 Å². The molecule has 21 heavy (non-hydrogen) atoms. The molecule has 0 aliphatic heterocycles. The Bertz CT molecular complexity index is 426. The zero-order valence-corrected chi connectivity index (χ0v) is 12.8. The number of ether oxygens (including phenoxy) is 2. The van der Waals surface area contributed by atoms with Crippen molar-refractivity contribution in [1.29, 1.82) is 0 Å². The molecule has 0 aliphatic rings. The number of carbonyl (C=O) groups is 1. The molecule has 0 spiro atoms. The standard InChI is InChI=1S/C15H25N3O3/c1-18(9-11-20-2)8-7-17-15(19)6-10-21-14-5-3-4-13(16)12-14/h3-5,12H,6-11,16H2,1-2H3,(H,17,19). The van der Waals surface area contributed by atoms with Crippen LogP contribution < -0.4 is 15.8 Å². The minimum Gasteiger partial charge on any atom is -0.493 e. The van der Waals surface area contributed by atoms with E-state index in [1.807, 2.05) is 19.2 Å². The second-order valence-electron chi connectivity index (χ2n) is 4.82. The summed E-state index contributed by atoms with van der Waals surface area (Å²) in [6, 6.07) is 7.17. The lowest BCUT2D eigenvalue weighted by Gasteiger charge is -2.16. The molecule has 0 saturated heterocycles. The van der Waals surface area contributed by atoms with Gasteiger partial charge in [0.1, 0.15) is 5.75 Å². The molecule has 118 valence electrons. The highest BCUT2D eigenvalue weighted by molar-refractivity contribution is 5.75. The molecule has 0 saturated carbocycles. The Morgan fingerprint density at radius 2 is 2.14 bits per heavy atom. The van der Waals surface area contributed by atoms with Gasteiger partial charge in [-0.3, -0.25) is 4.79 Å². The zero-order chi connectivity index (χ0) is 15.5. The van der Waals surface area contributed by atoms with Gasteiger partial charge in [-0.25, -0.2) is 0 Å². The van der Waals surface area contributed by atoms with E-state index in [1.165, 1.54) is 0 Å². The lowest BCUT2D eigenvalue weighted by molar-refractivity contribution is -0.121. The Hall–Kier alpha value is -1.79. The highest BCUT2D eigenvalue weighted by Gasteiger charge is 2.03. The molecule has 0 fully saturated rings. The van der Waals surface area contributed by atoms with Crippen molar-refractivity contribution in [3.63, 3.8) is 0 Å². The van der Waals surface area contributed by atoms with Crippen molar-refractivity contribution >= 4 is 11.6 Å². The molecule has 0 aliphatic carbocycles. The normalized spacial score (nSPS) is 10.6. The van der Waals surface area contributed by atoms with E-state index in [-0.39, 0.29) is 5.91 Å². The number of methoxy groups -OCH3 is 1. The van der Waals surface area contributed by atoms with Gasteiger partial charge in [0.15, 0.2) is 0 Å². The third kappa shape index (κ3) is 8.16. The molecule has 1 aromatic carbocycles. The minimum absolute atomic E-state index is 0.0148. The van der Waals surface area contributed by atoms with Crippen molar-refractivity contribution in [1.82, 2.24) is 10.2 Å². The van der Waals surface area contributed by atoms with Gasteiger partial charge in [-0.1, -0.05) is 6.07 Å². The molecule has 6 nitrogen and oxygen atoms in total. The molecule has 0 unspecified atom stereocenters. The Labute approximate surface area is 126 Å². The number of anilines is 1. The van der Waals surface area contributed by atoms with Crippen molar-refractivity contribution in [2.75, 3.05) is 52.7 Å². The Kier molecular flexibility index (Phi) is 8.23. The first-order chi connectivity index (χ1) is 10.1. The predicted molar refractivity (Wildman–Crippen MR) is 83.3 cm³/mol. The average Bonchev–Trinajstić information content (AvgIpc) is 2.45. The Balaban J connectivity index is 2.09. The van der Waals surface area contributed by atoms with Crippen LogP contribution in [0.1, 0.15) is 6.42 Å². The SMILES string of the molecule is COCCN(C)CCNC(=O)CCOc1cccc(N)c1. The lowest BCUT2D eigenvalue weighted by Crippen LogP contribution is -2.34. The van der Waals surface area contributed by atoms with Crippen LogP contribution in [-0.4, -0.2) is 57.8 Å². The maximum Gasteiger partial charge on any atom is 0.223 e. The van der Waals surface area contributed by atoms with Crippen LogP contribution in [0.3, 0.4) is 0 Å². The smallest absolute Gasteiger partial charge is 0.223 e. The van der Waals surface area contributed by atoms with E-state index >= 15 is 0 Å². The summed E-state index contributed by atoms with van der Waals surface area (Å²) < 4.78 is 10.5. The van der Waals surface area contributed by atoms with Crippen molar-refractivity contribution < 1.29 is 14.3 Å². The average molecular weight is 295 g/mol. The Morgan fingerprint density at radius 1 is 1.33 bits per heavy atom. The molecule has 0 aromatic heterocycles. The van der Waals surface area contributed by atoms with Crippen LogP contribution in [0.5, 0.6) is 5.75 Å². The van der Waals surface area contributed by atoms with E-state index in [0.717, 1.165) is 13.1 Å². The topological polar surface area (TPSA) is 76.8 Å². The number of hydrogen-bond donors (Lipinski definition) is 2. The van der Waals surface area contributed by atoms with Gasteiger partial charge in [0.2, 0.25) is 5.91 Å². The zero-order valence-electron chi connectivity index (χ0n) is 12.8. The number of carbonyl (C=O) groups excluding carboxylic acids is 1. The quantitative estimate of drug-likeness (QED) is 0.622. The van der Waals surface area contributed by atoms with Gasteiger partial charge >= 0.3 is 0 Å². The third-order valence-corrected chi connectivity index (χ3v) is 2.95. The molecule has 0 heterocycles. The van der Waals surface area contributed by atoms with Gasteiger partial charge in [-0.15, -0.1) is 0 Å². The first-order valence-corrected chi connectivity index (χ1v) is 7.04. The number of nitrogens with one attached hydrogen (secondary N) is 1. The molecule has 1 aromatic rings. The van der Waals surface area contributed by atoms with Crippen LogP contribution in [0.25, 0.3) is 0 Å². The fourth-order valence-electron chi connectivity index (χ4n) is 1.70. The van der Waals surface area contributed by atoms with Crippen molar-refractivity contribution in [3.05, 3.63) is 24.3 Å². The first kappa shape index (κ1) is 17.3. The number of amides is 1. The molecule has 0 bridgehead atoms. The summed E-state index contributed by atoms with van der Waals surface area (Å²) in [5.74, 6) is 0.668. The third-order valence-electron chi connectivity index (χ3n) is 2.95. The van der Waals surface area contributed by atoms with E-state index in [0.29, 0.717) is 37.6 Å². The minimum atomic E-state index is -0.0148. The maximum absolute atomic E-state index is 11.6. The Morgan fingerprint density at radius 3 is 2.86 bits per heavy atom. The summed E-state index contributed by atoms with van der Waals surface area (Å²) in [4.78, 5) is 13.7. The van der Waals surface area contributed by atoms with E-state index in [9.17, 15) is 4.79 Å². The molecule has 3 N–H and O–H groups in total. The fraction of sp³-hybridized carbons (Fsp3) is 0.533. The summed E-state index contributed by atoms with van der Waals surface area (Å²) in [5, 5.41) is 2.86. The molecular formula is C15H25N3O3. The molecular weight excluding hydrogens is 270 g/mol. The fourth-order valence-corrected chi connectivity index (χ4v) is 1.70. The summed E-state index contributed by atoms with van der Waals surface area (Å²) in [5.41, 5.74) is 6.30. The van der Waals surface area contributed by atoms with Gasteiger partial charge in [-0.05, 0) is 19.2 Å². The molecule has 0 radical (unpaired) electrons. The number of nitrogens with two attached hydrogens (primary N) is 1. The summed E-state index contributed by atoms with van der Waals surface area (Å²) in [7, 11) is 3.67. The van der Waals surface area contributed by atoms with Crippen LogP contribution in [0, 0.1) is 0 Å². The van der Waals surface area contributed by atoms with E-state index in [2.05, 4.69) is 10.2 Å². The lowest BCUT2D eigenvalue weighted by atomic mass is 10.3. The summed E-state index contributed by atoms with van der Waals surface area (Å²) in [6.07, 6.45) is 0.330. The number of rotatable bonds is 10. The van der Waals surface area contributed by atoms with Crippen molar-refractivity contribution in [3.8, 4) is 5.75 Å². The maximum atomic E-state index is 11.6. The molecule has 1 amide bonds. The van der Waals surface area contributed by atoms with Crippen LogP contribution in [0.4, 0.5) is 5.69 Å².